The summed E-state index contributed by atoms with van der Waals surface area (Å²) in [6, 6.07) is 5.78. The average Bonchev–Trinajstić information content (AvgIpc) is 3.29. The molecule has 1 atom stereocenters. The second-order valence-corrected chi connectivity index (χ2v) is 8.45. The third-order valence-corrected chi connectivity index (χ3v) is 6.39. The highest BCUT2D eigenvalue weighted by atomic mass is 79.9. The zero-order valence-electron chi connectivity index (χ0n) is 14.4. The molecule has 4 rings (SSSR count). The van der Waals surface area contributed by atoms with Crippen molar-refractivity contribution in [1.29, 1.82) is 5.26 Å². The second-order valence-electron chi connectivity index (χ2n) is 6.49. The molecule has 0 spiro atoms. The number of carbonyl (C=O) groups excluding carboxylic acids is 1. The summed E-state index contributed by atoms with van der Waals surface area (Å²) >= 11 is 4.88. The molecule has 1 aliphatic rings. The molecule has 1 unspecified atom stereocenters. The molecule has 3 heterocycles. The molecular weight excluding hydrogens is 428 g/mol. The predicted molar refractivity (Wildman–Crippen MR) is 105 cm³/mol. The number of nitrogens with one attached hydrogen (secondary N) is 1. The Morgan fingerprint density at radius 1 is 1.41 bits per heavy atom. The zero-order valence-corrected chi connectivity index (χ0v) is 16.8. The molecule has 1 aliphatic carbocycles. The first-order valence-corrected chi connectivity index (χ1v) is 10.0. The maximum absolute atomic E-state index is 12.9. The molecular formula is C18H15BrN6OS. The van der Waals surface area contributed by atoms with Crippen molar-refractivity contribution in [3.8, 4) is 11.9 Å². The number of hydrogen-bond acceptors (Lipinski definition) is 6. The van der Waals surface area contributed by atoms with E-state index in [1.54, 1.807) is 16.7 Å². The Morgan fingerprint density at radius 2 is 2.19 bits per heavy atom. The van der Waals surface area contributed by atoms with Crippen LogP contribution in [0.1, 0.15) is 39.8 Å². The van der Waals surface area contributed by atoms with Gasteiger partial charge in [0.15, 0.2) is 0 Å². The smallest absolute Gasteiger partial charge is 0.276 e. The first-order valence-electron chi connectivity index (χ1n) is 8.44. The number of hydrogen-bond donors (Lipinski definition) is 1. The van der Waals surface area contributed by atoms with E-state index in [2.05, 4.69) is 49.4 Å². The van der Waals surface area contributed by atoms with Gasteiger partial charge in [-0.15, -0.1) is 21.5 Å². The maximum atomic E-state index is 12.9. The summed E-state index contributed by atoms with van der Waals surface area (Å²) in [7, 11) is 0. The molecule has 0 saturated heterocycles. The van der Waals surface area contributed by atoms with E-state index in [-0.39, 0.29) is 11.6 Å². The van der Waals surface area contributed by atoms with Crippen LogP contribution in [-0.4, -0.2) is 25.7 Å². The Kier molecular flexibility index (Phi) is 4.76. The highest BCUT2D eigenvalue weighted by Crippen LogP contribution is 2.39. The molecule has 0 aliphatic heterocycles. The van der Waals surface area contributed by atoms with E-state index < -0.39 is 0 Å². The number of halogens is 1. The number of carbonyl (C=O) groups is 1. The molecule has 0 saturated carbocycles. The van der Waals surface area contributed by atoms with Gasteiger partial charge in [-0.25, -0.2) is 4.98 Å². The first kappa shape index (κ1) is 17.8. The molecule has 3 aromatic rings. The van der Waals surface area contributed by atoms with E-state index in [4.69, 9.17) is 0 Å². The van der Waals surface area contributed by atoms with Gasteiger partial charge in [0.25, 0.3) is 5.91 Å². The van der Waals surface area contributed by atoms with Crippen molar-refractivity contribution in [3.05, 3.63) is 51.0 Å². The van der Waals surface area contributed by atoms with Gasteiger partial charge in [-0.05, 0) is 58.8 Å². The summed E-state index contributed by atoms with van der Waals surface area (Å²) in [6.45, 7) is 2.21. The minimum absolute atomic E-state index is 0.241. The first-order chi connectivity index (χ1) is 13.1. The monoisotopic (exact) mass is 442 g/mol. The number of pyridine rings is 1. The van der Waals surface area contributed by atoms with Crippen LogP contribution in [0, 0.1) is 17.2 Å². The Bertz CT molecular complexity index is 1050. The van der Waals surface area contributed by atoms with Gasteiger partial charge < -0.3 is 5.32 Å². The van der Waals surface area contributed by atoms with Crippen molar-refractivity contribution < 1.29 is 4.79 Å². The van der Waals surface area contributed by atoms with Gasteiger partial charge >= 0.3 is 0 Å². The molecule has 0 aromatic carbocycles. The number of amides is 1. The van der Waals surface area contributed by atoms with Gasteiger partial charge in [-0.1, -0.05) is 6.92 Å². The minimum atomic E-state index is -0.361. The minimum Gasteiger partial charge on any atom is -0.311 e. The summed E-state index contributed by atoms with van der Waals surface area (Å²) in [5.41, 5.74) is 1.91. The van der Waals surface area contributed by atoms with Gasteiger partial charge in [0.1, 0.15) is 35.2 Å². The van der Waals surface area contributed by atoms with E-state index >= 15 is 0 Å². The predicted octanol–water partition coefficient (Wildman–Crippen LogP) is 3.74. The third-order valence-electron chi connectivity index (χ3n) is 4.58. The molecule has 9 heteroatoms. The maximum Gasteiger partial charge on any atom is 0.276 e. The van der Waals surface area contributed by atoms with Crippen LogP contribution in [0.15, 0.2) is 29.3 Å². The average molecular weight is 443 g/mol. The van der Waals surface area contributed by atoms with Crippen molar-refractivity contribution in [2.75, 3.05) is 5.32 Å². The molecule has 0 radical (unpaired) electrons. The molecule has 0 bridgehead atoms. The lowest BCUT2D eigenvalue weighted by Gasteiger charge is -2.17. The molecule has 27 heavy (non-hydrogen) atoms. The number of rotatable bonds is 3. The quantitative estimate of drug-likeness (QED) is 0.666. The molecule has 7 nitrogen and oxygen atoms in total. The van der Waals surface area contributed by atoms with Crippen LogP contribution in [0.4, 0.5) is 5.00 Å². The summed E-state index contributed by atoms with van der Waals surface area (Å²) in [4.78, 5) is 18.5. The summed E-state index contributed by atoms with van der Waals surface area (Å²) in [6.07, 6.45) is 5.94. The standard InChI is InChI=1S/C18H15BrN6OS/c1-10-2-3-11-12(7-20)18(27-14(11)6-10)24-17(26)16-13(19)4-5-15(23-16)25-8-21-22-9-25/h4-5,8-10H,2-3,6H2,1H3,(H,24,26). The van der Waals surface area contributed by atoms with Crippen LogP contribution in [0.3, 0.4) is 0 Å². The van der Waals surface area contributed by atoms with E-state index in [1.807, 2.05) is 0 Å². The van der Waals surface area contributed by atoms with Gasteiger partial charge in [-0.2, -0.15) is 5.26 Å². The lowest BCUT2D eigenvalue weighted by Crippen LogP contribution is -2.15. The van der Waals surface area contributed by atoms with Crippen molar-refractivity contribution in [2.24, 2.45) is 5.92 Å². The fourth-order valence-electron chi connectivity index (χ4n) is 3.17. The van der Waals surface area contributed by atoms with Crippen molar-refractivity contribution in [2.45, 2.75) is 26.2 Å². The molecule has 0 fully saturated rings. The van der Waals surface area contributed by atoms with Gasteiger partial charge in [0.2, 0.25) is 0 Å². The number of fused-ring (bicyclic) bond motifs is 1. The number of nitrogens with zero attached hydrogens (tertiary/aromatic N) is 5. The summed E-state index contributed by atoms with van der Waals surface area (Å²) in [5, 5.41) is 20.6. The van der Waals surface area contributed by atoms with Crippen LogP contribution in [-0.2, 0) is 12.8 Å². The number of anilines is 1. The van der Waals surface area contributed by atoms with Gasteiger partial charge in [0, 0.05) is 9.35 Å². The molecule has 1 N–H and O–H groups in total. The van der Waals surface area contributed by atoms with Crippen LogP contribution in [0.5, 0.6) is 0 Å². The summed E-state index contributed by atoms with van der Waals surface area (Å²) in [5.74, 6) is 0.774. The third kappa shape index (κ3) is 3.38. The fourth-order valence-corrected chi connectivity index (χ4v) is 4.93. The van der Waals surface area contributed by atoms with Crippen molar-refractivity contribution in [1.82, 2.24) is 19.7 Å². The summed E-state index contributed by atoms with van der Waals surface area (Å²) < 4.78 is 2.19. The molecule has 1 amide bonds. The Labute approximate surface area is 168 Å². The Morgan fingerprint density at radius 3 is 2.93 bits per heavy atom. The van der Waals surface area contributed by atoms with Crippen LogP contribution >= 0.6 is 27.3 Å². The highest BCUT2D eigenvalue weighted by molar-refractivity contribution is 9.10. The SMILES string of the molecule is CC1CCc2c(sc(NC(=O)c3nc(-n4cnnc4)ccc3Br)c2C#N)C1. The van der Waals surface area contributed by atoms with Crippen LogP contribution < -0.4 is 5.32 Å². The lowest BCUT2D eigenvalue weighted by atomic mass is 9.89. The number of thiophene rings is 1. The van der Waals surface area contributed by atoms with E-state index in [0.29, 0.717) is 26.8 Å². The van der Waals surface area contributed by atoms with Crippen LogP contribution in [0.25, 0.3) is 5.82 Å². The van der Waals surface area contributed by atoms with Crippen molar-refractivity contribution in [3.63, 3.8) is 0 Å². The normalized spacial score (nSPS) is 15.8. The molecule has 3 aromatic heterocycles. The van der Waals surface area contributed by atoms with E-state index in [1.165, 1.54) is 28.9 Å². The number of nitriles is 1. The molecule has 136 valence electrons. The lowest BCUT2D eigenvalue weighted by molar-refractivity contribution is 0.102. The van der Waals surface area contributed by atoms with E-state index in [0.717, 1.165) is 24.8 Å². The number of aromatic nitrogens is 4. The van der Waals surface area contributed by atoms with Crippen LogP contribution in [0.2, 0.25) is 0 Å². The van der Waals surface area contributed by atoms with Crippen molar-refractivity contribution >= 4 is 38.2 Å². The fraction of sp³-hybridized carbons (Fsp3) is 0.278. The zero-order chi connectivity index (χ0) is 19.0. The van der Waals surface area contributed by atoms with Gasteiger partial charge in [-0.3, -0.25) is 9.36 Å². The van der Waals surface area contributed by atoms with Gasteiger partial charge in [0.05, 0.1) is 5.56 Å². The highest BCUT2D eigenvalue weighted by Gasteiger charge is 2.25. The largest absolute Gasteiger partial charge is 0.311 e. The second kappa shape index (κ2) is 7.21. The topological polar surface area (TPSA) is 96.5 Å². The Balaban J connectivity index is 1.66. The van der Waals surface area contributed by atoms with E-state index in [9.17, 15) is 10.1 Å². The Hall–Kier alpha value is -2.57.